The second-order valence-corrected chi connectivity index (χ2v) is 6.71. The van der Waals surface area contributed by atoms with Crippen molar-refractivity contribution in [3.8, 4) is 0 Å². The van der Waals surface area contributed by atoms with Gasteiger partial charge in [-0.25, -0.2) is 4.79 Å². The van der Waals surface area contributed by atoms with Crippen LogP contribution in [-0.2, 0) is 24.3 Å². The molecule has 1 N–H and O–H groups in total. The summed E-state index contributed by atoms with van der Waals surface area (Å²) in [5.74, 6) is -0.435. The van der Waals surface area contributed by atoms with Crippen LogP contribution in [0.15, 0.2) is 70.4 Å². The van der Waals surface area contributed by atoms with Gasteiger partial charge in [0, 0.05) is 23.0 Å². The number of benzene rings is 2. The fourth-order valence-corrected chi connectivity index (χ4v) is 3.11. The minimum absolute atomic E-state index is 0.207. The highest BCUT2D eigenvalue weighted by Gasteiger charge is 2.12. The van der Waals surface area contributed by atoms with E-state index in [2.05, 4.69) is 5.32 Å². The van der Waals surface area contributed by atoms with Crippen molar-refractivity contribution < 1.29 is 4.79 Å². The second kappa shape index (κ2) is 8.71. The standard InChI is InChI=1S/C21H20ClN3O3/c1-2-15-7-4-6-10-18(15)23-19(26)14-25-20(27)11-12-24(21(25)28)13-16-8-3-5-9-17(16)22/h3-12H,2,13-14H2,1H3,(H,23,26). The summed E-state index contributed by atoms with van der Waals surface area (Å²) in [5, 5.41) is 3.30. The van der Waals surface area contributed by atoms with E-state index in [1.807, 2.05) is 31.2 Å². The molecule has 6 nitrogen and oxygen atoms in total. The van der Waals surface area contributed by atoms with Crippen molar-refractivity contribution in [2.24, 2.45) is 0 Å². The third-order valence-electron chi connectivity index (χ3n) is 4.41. The molecule has 1 aromatic heterocycles. The Balaban J connectivity index is 1.84. The molecule has 1 heterocycles. The number of nitrogens with one attached hydrogen (secondary N) is 1. The second-order valence-electron chi connectivity index (χ2n) is 6.30. The quantitative estimate of drug-likeness (QED) is 0.695. The highest BCUT2D eigenvalue weighted by Crippen LogP contribution is 2.16. The van der Waals surface area contributed by atoms with Crippen LogP contribution in [0.25, 0.3) is 0 Å². The maximum atomic E-state index is 12.7. The zero-order chi connectivity index (χ0) is 20.1. The number of hydrogen-bond donors (Lipinski definition) is 1. The van der Waals surface area contributed by atoms with Gasteiger partial charge in [0.15, 0.2) is 0 Å². The number of halogens is 1. The van der Waals surface area contributed by atoms with E-state index in [9.17, 15) is 14.4 Å². The lowest BCUT2D eigenvalue weighted by Gasteiger charge is -2.12. The molecule has 0 bridgehead atoms. The molecule has 3 aromatic rings. The number of anilines is 1. The lowest BCUT2D eigenvalue weighted by atomic mass is 10.1. The average molecular weight is 398 g/mol. The Morgan fingerprint density at radius 2 is 1.68 bits per heavy atom. The summed E-state index contributed by atoms with van der Waals surface area (Å²) in [6.45, 7) is 1.83. The van der Waals surface area contributed by atoms with Crippen LogP contribution in [-0.4, -0.2) is 15.0 Å². The van der Waals surface area contributed by atoms with Crippen molar-refractivity contribution in [2.75, 3.05) is 5.32 Å². The lowest BCUT2D eigenvalue weighted by Crippen LogP contribution is -2.42. The van der Waals surface area contributed by atoms with E-state index in [1.165, 1.54) is 16.8 Å². The molecule has 0 radical (unpaired) electrons. The molecule has 144 valence electrons. The SMILES string of the molecule is CCc1ccccc1NC(=O)Cn1c(=O)ccn(Cc2ccccc2Cl)c1=O. The summed E-state index contributed by atoms with van der Waals surface area (Å²) < 4.78 is 2.27. The van der Waals surface area contributed by atoms with Crippen LogP contribution in [0.5, 0.6) is 0 Å². The van der Waals surface area contributed by atoms with Gasteiger partial charge in [-0.15, -0.1) is 0 Å². The van der Waals surface area contributed by atoms with E-state index in [1.54, 1.807) is 24.3 Å². The van der Waals surface area contributed by atoms with E-state index in [0.29, 0.717) is 10.7 Å². The van der Waals surface area contributed by atoms with Gasteiger partial charge < -0.3 is 5.32 Å². The number of amides is 1. The third kappa shape index (κ3) is 4.40. The number of rotatable bonds is 6. The smallest absolute Gasteiger partial charge is 0.324 e. The summed E-state index contributed by atoms with van der Waals surface area (Å²) in [7, 11) is 0. The van der Waals surface area contributed by atoms with E-state index < -0.39 is 17.2 Å². The molecule has 2 aromatic carbocycles. The fourth-order valence-electron chi connectivity index (χ4n) is 2.92. The van der Waals surface area contributed by atoms with Gasteiger partial charge in [-0.2, -0.15) is 0 Å². The van der Waals surface area contributed by atoms with Gasteiger partial charge in [0.2, 0.25) is 5.91 Å². The maximum absolute atomic E-state index is 12.7. The highest BCUT2D eigenvalue weighted by atomic mass is 35.5. The summed E-state index contributed by atoms with van der Waals surface area (Å²) >= 11 is 6.15. The Kier molecular flexibility index (Phi) is 6.11. The fraction of sp³-hybridized carbons (Fsp3) is 0.190. The molecule has 0 aliphatic heterocycles. The van der Waals surface area contributed by atoms with Gasteiger partial charge in [-0.05, 0) is 29.7 Å². The topological polar surface area (TPSA) is 73.1 Å². The predicted octanol–water partition coefficient (Wildman–Crippen LogP) is 2.91. The first-order valence-electron chi connectivity index (χ1n) is 8.91. The number of aryl methyl sites for hydroxylation is 1. The van der Waals surface area contributed by atoms with E-state index >= 15 is 0 Å². The molecular weight excluding hydrogens is 378 g/mol. The minimum atomic E-state index is -0.564. The largest absolute Gasteiger partial charge is 0.331 e. The highest BCUT2D eigenvalue weighted by molar-refractivity contribution is 6.31. The maximum Gasteiger partial charge on any atom is 0.331 e. The van der Waals surface area contributed by atoms with Crippen LogP contribution in [0.1, 0.15) is 18.1 Å². The van der Waals surface area contributed by atoms with Gasteiger partial charge in [0.25, 0.3) is 5.56 Å². The molecular formula is C21H20ClN3O3. The molecule has 0 saturated carbocycles. The first-order valence-corrected chi connectivity index (χ1v) is 9.29. The summed E-state index contributed by atoms with van der Waals surface area (Å²) in [6.07, 6.45) is 2.17. The summed E-state index contributed by atoms with van der Waals surface area (Å²) in [5.41, 5.74) is 1.31. The van der Waals surface area contributed by atoms with Gasteiger partial charge in [0.05, 0.1) is 6.54 Å². The molecule has 0 fully saturated rings. The normalized spacial score (nSPS) is 10.6. The minimum Gasteiger partial charge on any atom is -0.324 e. The van der Waals surface area contributed by atoms with Crippen molar-refractivity contribution in [3.63, 3.8) is 0 Å². The van der Waals surface area contributed by atoms with Crippen LogP contribution in [0, 0.1) is 0 Å². The number of carbonyl (C=O) groups excluding carboxylic acids is 1. The molecule has 1 amide bonds. The number of para-hydroxylation sites is 1. The van der Waals surface area contributed by atoms with Crippen molar-refractivity contribution in [1.29, 1.82) is 0 Å². The molecule has 7 heteroatoms. The number of hydrogen-bond acceptors (Lipinski definition) is 3. The molecule has 0 aliphatic carbocycles. The van der Waals surface area contributed by atoms with Crippen LogP contribution >= 0.6 is 11.6 Å². The summed E-state index contributed by atoms with van der Waals surface area (Å²) in [4.78, 5) is 37.3. The Morgan fingerprint density at radius 3 is 2.39 bits per heavy atom. The third-order valence-corrected chi connectivity index (χ3v) is 4.78. The van der Waals surface area contributed by atoms with Crippen molar-refractivity contribution in [3.05, 3.63) is 97.8 Å². The lowest BCUT2D eigenvalue weighted by molar-refractivity contribution is -0.116. The molecule has 3 rings (SSSR count). The average Bonchev–Trinajstić information content (AvgIpc) is 2.69. The van der Waals surface area contributed by atoms with Gasteiger partial charge in [0.1, 0.15) is 6.54 Å². The number of carbonyl (C=O) groups is 1. The first-order chi connectivity index (χ1) is 13.5. The van der Waals surface area contributed by atoms with Crippen molar-refractivity contribution >= 4 is 23.2 Å². The molecule has 0 atom stereocenters. The molecule has 0 unspecified atom stereocenters. The van der Waals surface area contributed by atoms with Gasteiger partial charge in [-0.3, -0.25) is 18.7 Å². The molecule has 0 aliphatic rings. The number of aromatic nitrogens is 2. The summed E-state index contributed by atoms with van der Waals surface area (Å²) in [6, 6.07) is 15.8. The van der Waals surface area contributed by atoms with E-state index in [4.69, 9.17) is 11.6 Å². The molecule has 28 heavy (non-hydrogen) atoms. The number of nitrogens with zero attached hydrogens (tertiary/aromatic N) is 2. The van der Waals surface area contributed by atoms with Crippen LogP contribution in [0.3, 0.4) is 0 Å². The van der Waals surface area contributed by atoms with Crippen LogP contribution in [0.2, 0.25) is 5.02 Å². The van der Waals surface area contributed by atoms with Gasteiger partial charge >= 0.3 is 5.69 Å². The Labute approximate surface area is 167 Å². The van der Waals surface area contributed by atoms with Crippen molar-refractivity contribution in [2.45, 2.75) is 26.4 Å². The molecule has 0 saturated heterocycles. The zero-order valence-electron chi connectivity index (χ0n) is 15.4. The van der Waals surface area contributed by atoms with E-state index in [0.717, 1.165) is 22.1 Å². The molecule has 0 spiro atoms. The Hall–Kier alpha value is -3.12. The van der Waals surface area contributed by atoms with E-state index in [-0.39, 0.29) is 13.1 Å². The Morgan fingerprint density at radius 1 is 1.00 bits per heavy atom. The van der Waals surface area contributed by atoms with Crippen molar-refractivity contribution in [1.82, 2.24) is 9.13 Å². The van der Waals surface area contributed by atoms with Gasteiger partial charge in [-0.1, -0.05) is 54.9 Å². The van der Waals surface area contributed by atoms with Crippen LogP contribution in [0.4, 0.5) is 5.69 Å². The first kappa shape index (κ1) is 19.6. The Bertz CT molecular complexity index is 1120. The predicted molar refractivity (Wildman–Crippen MR) is 110 cm³/mol. The zero-order valence-corrected chi connectivity index (χ0v) is 16.1. The van der Waals surface area contributed by atoms with Crippen LogP contribution < -0.4 is 16.6 Å². The monoisotopic (exact) mass is 397 g/mol.